The average molecular weight is 505 g/mol. The van der Waals surface area contributed by atoms with Crippen LogP contribution in [0.2, 0.25) is 0 Å². The summed E-state index contributed by atoms with van der Waals surface area (Å²) in [6.45, 7) is 2.36. The highest BCUT2D eigenvalue weighted by atomic mass is 32.2. The number of H-pyrrole nitrogens is 1. The fourth-order valence-electron chi connectivity index (χ4n) is 4.37. The molecule has 9 heteroatoms. The summed E-state index contributed by atoms with van der Waals surface area (Å²) in [4.78, 5) is 32.4. The summed E-state index contributed by atoms with van der Waals surface area (Å²) in [5.41, 5.74) is 4.00. The van der Waals surface area contributed by atoms with Crippen molar-refractivity contribution in [2.75, 3.05) is 42.1 Å². The summed E-state index contributed by atoms with van der Waals surface area (Å²) in [5.74, 6) is -0.548. The highest BCUT2D eigenvalue weighted by Gasteiger charge is 2.24. The van der Waals surface area contributed by atoms with E-state index in [4.69, 9.17) is 0 Å². The second kappa shape index (κ2) is 10.4. The van der Waals surface area contributed by atoms with Crippen molar-refractivity contribution in [1.29, 1.82) is 0 Å². The third kappa shape index (κ3) is 5.06. The lowest BCUT2D eigenvalue weighted by Gasteiger charge is -2.36. The number of halogens is 1. The zero-order valence-electron chi connectivity index (χ0n) is 19.9. The van der Waals surface area contributed by atoms with E-state index < -0.39 is 5.82 Å². The van der Waals surface area contributed by atoms with Gasteiger partial charge in [0.1, 0.15) is 5.82 Å². The summed E-state index contributed by atoms with van der Waals surface area (Å²) in [6, 6.07) is 21.8. The summed E-state index contributed by atoms with van der Waals surface area (Å²) in [6.07, 6.45) is 0. The highest BCUT2D eigenvalue weighted by Crippen LogP contribution is 2.22. The number of carbonyl (C=O) groups excluding carboxylic acids is 2. The number of aryl methyl sites for hydroxylation is 1. The first-order valence-electron chi connectivity index (χ1n) is 11.8. The molecule has 2 amide bonds. The maximum absolute atomic E-state index is 14.0. The van der Waals surface area contributed by atoms with Crippen LogP contribution in [0.15, 0.2) is 78.0 Å². The molecule has 0 atom stereocenters. The lowest BCUT2D eigenvalue weighted by molar-refractivity contribution is -0.683. The maximum Gasteiger partial charge on any atom is 0.317 e. The van der Waals surface area contributed by atoms with Gasteiger partial charge in [0.15, 0.2) is 11.0 Å². The van der Waals surface area contributed by atoms with Gasteiger partial charge in [0.25, 0.3) is 5.91 Å². The molecular weight excluding hydrogens is 477 g/mol. The number of aromatic nitrogens is 2. The van der Waals surface area contributed by atoms with Gasteiger partial charge in [0.2, 0.25) is 5.91 Å². The van der Waals surface area contributed by atoms with Crippen LogP contribution in [0.25, 0.3) is 11.0 Å². The molecule has 184 valence electrons. The fraction of sp³-hybridized carbons (Fsp3) is 0.222. The van der Waals surface area contributed by atoms with E-state index in [2.05, 4.69) is 15.2 Å². The van der Waals surface area contributed by atoms with Gasteiger partial charge in [-0.15, -0.1) is 0 Å². The van der Waals surface area contributed by atoms with Crippen LogP contribution in [0, 0.1) is 5.82 Å². The van der Waals surface area contributed by atoms with E-state index in [0.717, 1.165) is 27.6 Å². The molecule has 1 fully saturated rings. The van der Waals surface area contributed by atoms with Gasteiger partial charge >= 0.3 is 5.16 Å². The van der Waals surface area contributed by atoms with Crippen molar-refractivity contribution >= 4 is 46.0 Å². The minimum absolute atomic E-state index is 0.0772. The van der Waals surface area contributed by atoms with E-state index in [9.17, 15) is 14.0 Å². The molecule has 4 aromatic rings. The Bertz CT molecular complexity index is 1400. The topological polar surface area (TPSA) is 72.3 Å². The van der Waals surface area contributed by atoms with Crippen LogP contribution in [-0.2, 0) is 11.8 Å². The fourth-order valence-corrected chi connectivity index (χ4v) is 5.19. The molecule has 3 aromatic carbocycles. The van der Waals surface area contributed by atoms with Gasteiger partial charge in [-0.3, -0.25) is 9.59 Å². The molecule has 0 saturated carbocycles. The molecule has 1 aromatic heterocycles. The van der Waals surface area contributed by atoms with E-state index in [0.29, 0.717) is 31.9 Å². The number of thioether (sulfide) groups is 1. The molecule has 1 aliphatic rings. The van der Waals surface area contributed by atoms with Gasteiger partial charge in [0, 0.05) is 37.6 Å². The number of nitrogens with one attached hydrogen (secondary N) is 2. The molecule has 36 heavy (non-hydrogen) atoms. The van der Waals surface area contributed by atoms with E-state index in [1.165, 1.54) is 23.9 Å². The Morgan fingerprint density at radius 3 is 2.39 bits per heavy atom. The number of nitrogens with zero attached hydrogens (tertiary/aromatic N) is 3. The molecular formula is C27H27FN5O2S+. The van der Waals surface area contributed by atoms with Gasteiger partial charge in [-0.05, 0) is 60.3 Å². The van der Waals surface area contributed by atoms with Crippen LogP contribution >= 0.6 is 11.8 Å². The van der Waals surface area contributed by atoms with Crippen LogP contribution in [-0.4, -0.2) is 53.6 Å². The molecule has 0 spiro atoms. The third-order valence-corrected chi connectivity index (χ3v) is 7.39. The number of piperazine rings is 1. The predicted octanol–water partition coefficient (Wildman–Crippen LogP) is 3.82. The van der Waals surface area contributed by atoms with Gasteiger partial charge in [-0.25, -0.2) is 13.9 Å². The first-order valence-corrected chi connectivity index (χ1v) is 12.8. The predicted molar refractivity (Wildman–Crippen MR) is 140 cm³/mol. The van der Waals surface area contributed by atoms with E-state index >= 15 is 0 Å². The number of aromatic amines is 1. The van der Waals surface area contributed by atoms with Gasteiger partial charge in [0.05, 0.1) is 18.4 Å². The number of anilines is 2. The lowest BCUT2D eigenvalue weighted by Crippen LogP contribution is -2.49. The Morgan fingerprint density at radius 1 is 0.972 bits per heavy atom. The van der Waals surface area contributed by atoms with Crippen LogP contribution in [0.1, 0.15) is 10.4 Å². The summed E-state index contributed by atoms with van der Waals surface area (Å²) >= 11 is 1.46. The minimum Gasteiger partial charge on any atom is -0.368 e. The summed E-state index contributed by atoms with van der Waals surface area (Å²) in [7, 11) is 1.98. The molecule has 2 heterocycles. The van der Waals surface area contributed by atoms with Gasteiger partial charge in [-0.2, -0.15) is 0 Å². The Morgan fingerprint density at radius 2 is 1.67 bits per heavy atom. The first kappa shape index (κ1) is 23.9. The van der Waals surface area contributed by atoms with Gasteiger partial charge < -0.3 is 15.1 Å². The molecule has 0 unspecified atom stereocenters. The summed E-state index contributed by atoms with van der Waals surface area (Å²) < 4.78 is 16.0. The number of amides is 2. The lowest BCUT2D eigenvalue weighted by atomic mass is 10.1. The molecule has 0 bridgehead atoms. The number of carbonyl (C=O) groups is 2. The monoisotopic (exact) mass is 504 g/mol. The van der Waals surface area contributed by atoms with Crippen molar-refractivity contribution in [2.45, 2.75) is 5.16 Å². The van der Waals surface area contributed by atoms with Crippen molar-refractivity contribution in [3.05, 3.63) is 84.2 Å². The largest absolute Gasteiger partial charge is 0.368 e. The molecule has 5 rings (SSSR count). The Labute approximate surface area is 212 Å². The number of fused-ring (bicyclic) bond motifs is 1. The minimum atomic E-state index is -0.490. The van der Waals surface area contributed by atoms with Crippen molar-refractivity contribution in [3.8, 4) is 0 Å². The molecule has 0 aliphatic carbocycles. The zero-order chi connectivity index (χ0) is 25.1. The van der Waals surface area contributed by atoms with Crippen molar-refractivity contribution in [3.63, 3.8) is 0 Å². The Kier molecular flexibility index (Phi) is 6.90. The second-order valence-corrected chi connectivity index (χ2v) is 9.61. The zero-order valence-corrected chi connectivity index (χ0v) is 20.7. The number of hydrogen-bond donors (Lipinski definition) is 2. The smallest absolute Gasteiger partial charge is 0.317 e. The molecule has 0 radical (unpaired) electrons. The normalized spacial score (nSPS) is 13.7. The van der Waals surface area contributed by atoms with Crippen LogP contribution < -0.4 is 14.8 Å². The van der Waals surface area contributed by atoms with E-state index in [1.807, 2.05) is 60.1 Å². The highest BCUT2D eigenvalue weighted by molar-refractivity contribution is 7.99. The van der Waals surface area contributed by atoms with Crippen LogP contribution in [0.3, 0.4) is 0 Å². The van der Waals surface area contributed by atoms with Crippen LogP contribution in [0.4, 0.5) is 15.8 Å². The average Bonchev–Trinajstić information content (AvgIpc) is 3.23. The number of para-hydroxylation sites is 2. The third-order valence-electron chi connectivity index (χ3n) is 6.34. The summed E-state index contributed by atoms with van der Waals surface area (Å²) in [5, 5.41) is 3.88. The van der Waals surface area contributed by atoms with Crippen molar-refractivity contribution < 1.29 is 18.5 Å². The quantitative estimate of drug-likeness (QED) is 0.309. The van der Waals surface area contributed by atoms with E-state index in [1.54, 1.807) is 17.0 Å². The number of rotatable bonds is 6. The second-order valence-electron chi connectivity index (χ2n) is 8.65. The van der Waals surface area contributed by atoms with Crippen LogP contribution in [0.5, 0.6) is 0 Å². The van der Waals surface area contributed by atoms with Crippen molar-refractivity contribution in [1.82, 2.24) is 9.88 Å². The Balaban J connectivity index is 1.12. The number of imidazole rings is 1. The molecule has 1 aliphatic heterocycles. The Hall–Kier alpha value is -3.85. The molecule has 2 N–H and O–H groups in total. The SMILES string of the molecule is C[n+]1c(SCC(=O)Nc2ccc(N3CCN(C(=O)c4ccccc4F)CC3)cc2)[nH]c2ccccc21. The molecule has 7 nitrogen and oxygen atoms in total. The van der Waals surface area contributed by atoms with E-state index in [-0.39, 0.29) is 17.4 Å². The molecule has 1 saturated heterocycles. The number of hydrogen-bond acceptors (Lipinski definition) is 4. The van der Waals surface area contributed by atoms with Crippen molar-refractivity contribution in [2.24, 2.45) is 7.05 Å². The standard InChI is InChI=1S/C27H26FN5O2S/c1-31-24-9-5-4-8-23(24)30-27(31)36-18-25(34)29-19-10-12-20(13-11-19)32-14-16-33(17-15-32)26(35)21-6-2-3-7-22(21)28/h2-13H,14-18H2,1H3,(H,29,34)/p+1. The van der Waals surface area contributed by atoms with Gasteiger partial charge in [-0.1, -0.05) is 24.3 Å². The number of benzene rings is 3. The first-order chi connectivity index (χ1) is 17.5. The maximum atomic E-state index is 14.0.